The third-order valence-corrected chi connectivity index (χ3v) is 5.98. The van der Waals surface area contributed by atoms with Crippen LogP contribution in [0.3, 0.4) is 0 Å². The maximum absolute atomic E-state index is 13.5. The van der Waals surface area contributed by atoms with Crippen LogP contribution in [0.2, 0.25) is 0 Å². The molecule has 0 saturated heterocycles. The minimum Gasteiger partial charge on any atom is -0.306 e. The molecular weight excluding hydrogens is 433 g/mol. The van der Waals surface area contributed by atoms with Crippen LogP contribution in [0, 0.1) is 11.2 Å². The Labute approximate surface area is 197 Å². The van der Waals surface area contributed by atoms with E-state index in [9.17, 15) is 9.18 Å². The van der Waals surface area contributed by atoms with E-state index in [1.165, 1.54) is 23.5 Å². The van der Waals surface area contributed by atoms with E-state index >= 15 is 0 Å². The van der Waals surface area contributed by atoms with Crippen LogP contribution in [0.5, 0.6) is 0 Å². The zero-order valence-electron chi connectivity index (χ0n) is 18.9. The Morgan fingerprint density at radius 2 is 1.39 bits per heavy atom. The number of rotatable bonds is 6. The molecule has 0 saturated carbocycles. The Balaban J connectivity index is 1.69. The fraction of sp³-hybridized carbons (Fsp3) is 0.185. The molecule has 4 aromatic rings. The van der Waals surface area contributed by atoms with E-state index in [0.29, 0.717) is 12.2 Å². The summed E-state index contributed by atoms with van der Waals surface area (Å²) in [4.78, 5) is 21.9. The minimum atomic E-state index is -0.590. The Bertz CT molecular complexity index is 1160. The first kappa shape index (κ1) is 22.7. The Morgan fingerprint density at radius 3 is 1.91 bits per heavy atom. The molecule has 0 aliphatic carbocycles. The molecule has 0 bridgehead atoms. The SMILES string of the molecule is CC(C)(C)C(=O)N(Cc1csc(N(c2ccccc2)c2ccccc2)n1)c1ccc(F)cc1. The number of para-hydroxylation sites is 2. The van der Waals surface area contributed by atoms with Crippen molar-refractivity contribution in [3.05, 3.63) is 102 Å². The number of halogens is 1. The molecule has 0 aliphatic heterocycles. The topological polar surface area (TPSA) is 36.4 Å². The number of nitrogens with zero attached hydrogens (tertiary/aromatic N) is 3. The largest absolute Gasteiger partial charge is 0.306 e. The molecule has 1 amide bonds. The minimum absolute atomic E-state index is 0.0494. The smallest absolute Gasteiger partial charge is 0.232 e. The van der Waals surface area contributed by atoms with Crippen molar-refractivity contribution in [3.8, 4) is 0 Å². The number of hydrogen-bond donors (Lipinski definition) is 0. The van der Waals surface area contributed by atoms with Crippen molar-refractivity contribution >= 4 is 39.4 Å². The van der Waals surface area contributed by atoms with E-state index in [4.69, 9.17) is 4.98 Å². The van der Waals surface area contributed by atoms with Crippen molar-refractivity contribution in [2.75, 3.05) is 9.80 Å². The molecule has 4 nitrogen and oxygen atoms in total. The average molecular weight is 460 g/mol. The molecule has 0 radical (unpaired) electrons. The number of thiazole rings is 1. The highest BCUT2D eigenvalue weighted by atomic mass is 32.1. The van der Waals surface area contributed by atoms with E-state index in [2.05, 4.69) is 4.90 Å². The first-order valence-corrected chi connectivity index (χ1v) is 11.6. The van der Waals surface area contributed by atoms with Gasteiger partial charge in [0.15, 0.2) is 5.13 Å². The van der Waals surface area contributed by atoms with Gasteiger partial charge in [0.05, 0.1) is 12.2 Å². The maximum Gasteiger partial charge on any atom is 0.232 e. The molecule has 6 heteroatoms. The molecule has 0 unspecified atom stereocenters. The number of carbonyl (C=O) groups is 1. The van der Waals surface area contributed by atoms with Gasteiger partial charge >= 0.3 is 0 Å². The van der Waals surface area contributed by atoms with Gasteiger partial charge in [0.1, 0.15) is 5.82 Å². The fourth-order valence-corrected chi connectivity index (χ4v) is 4.32. The predicted molar refractivity (Wildman–Crippen MR) is 134 cm³/mol. The van der Waals surface area contributed by atoms with Gasteiger partial charge in [-0.1, -0.05) is 57.2 Å². The van der Waals surface area contributed by atoms with Gasteiger partial charge in [-0.15, -0.1) is 11.3 Å². The van der Waals surface area contributed by atoms with Gasteiger partial charge < -0.3 is 4.90 Å². The highest BCUT2D eigenvalue weighted by molar-refractivity contribution is 7.14. The van der Waals surface area contributed by atoms with Crippen LogP contribution < -0.4 is 9.80 Å². The summed E-state index contributed by atoms with van der Waals surface area (Å²) in [5, 5.41) is 2.78. The van der Waals surface area contributed by atoms with Crippen LogP contribution >= 0.6 is 11.3 Å². The summed E-state index contributed by atoms with van der Waals surface area (Å²) < 4.78 is 13.5. The van der Waals surface area contributed by atoms with Crippen LogP contribution in [0.1, 0.15) is 26.5 Å². The lowest BCUT2D eigenvalue weighted by Crippen LogP contribution is -2.39. The number of carbonyl (C=O) groups excluding carboxylic acids is 1. The van der Waals surface area contributed by atoms with Crippen molar-refractivity contribution in [3.63, 3.8) is 0 Å². The van der Waals surface area contributed by atoms with Crippen LogP contribution in [0.25, 0.3) is 0 Å². The Morgan fingerprint density at radius 1 is 0.848 bits per heavy atom. The van der Waals surface area contributed by atoms with Gasteiger partial charge in [-0.25, -0.2) is 9.37 Å². The second-order valence-corrected chi connectivity index (χ2v) is 9.58. The lowest BCUT2D eigenvalue weighted by Gasteiger charge is -2.29. The molecule has 1 heterocycles. The normalized spacial score (nSPS) is 11.3. The summed E-state index contributed by atoms with van der Waals surface area (Å²) >= 11 is 1.52. The Kier molecular flexibility index (Phi) is 6.56. The van der Waals surface area contributed by atoms with Crippen LogP contribution in [0.4, 0.5) is 26.6 Å². The third kappa shape index (κ3) is 5.29. The highest BCUT2D eigenvalue weighted by Crippen LogP contribution is 2.36. The molecule has 33 heavy (non-hydrogen) atoms. The fourth-order valence-electron chi connectivity index (χ4n) is 3.46. The van der Waals surface area contributed by atoms with Gasteiger partial charge in [-0.2, -0.15) is 0 Å². The molecule has 0 fully saturated rings. The number of hydrogen-bond acceptors (Lipinski definition) is 4. The van der Waals surface area contributed by atoms with E-state index in [1.54, 1.807) is 17.0 Å². The van der Waals surface area contributed by atoms with Gasteiger partial charge in [0.25, 0.3) is 0 Å². The van der Waals surface area contributed by atoms with Gasteiger partial charge in [0, 0.05) is 27.9 Å². The van der Waals surface area contributed by atoms with E-state index in [1.807, 2.05) is 86.8 Å². The lowest BCUT2D eigenvalue weighted by atomic mass is 9.94. The second kappa shape index (κ2) is 9.55. The second-order valence-electron chi connectivity index (χ2n) is 8.75. The first-order valence-electron chi connectivity index (χ1n) is 10.7. The molecule has 0 atom stereocenters. The molecule has 0 spiro atoms. The predicted octanol–water partition coefficient (Wildman–Crippen LogP) is 7.33. The van der Waals surface area contributed by atoms with Crippen molar-refractivity contribution in [1.82, 2.24) is 4.98 Å². The molecular formula is C27H26FN3OS. The zero-order chi connectivity index (χ0) is 23.4. The summed E-state index contributed by atoms with van der Waals surface area (Å²) in [7, 11) is 0. The number of benzene rings is 3. The van der Waals surface area contributed by atoms with E-state index < -0.39 is 5.41 Å². The van der Waals surface area contributed by atoms with Crippen LogP contribution in [-0.4, -0.2) is 10.9 Å². The van der Waals surface area contributed by atoms with Gasteiger partial charge in [0.2, 0.25) is 5.91 Å². The standard InChI is InChI=1S/C27H26FN3OS/c1-27(2,3)25(32)30(22-16-14-20(28)15-17-22)18-21-19-33-26(29-21)31(23-10-6-4-7-11-23)24-12-8-5-9-13-24/h4-17,19H,18H2,1-3H3. The Hall–Kier alpha value is -3.51. The summed E-state index contributed by atoms with van der Waals surface area (Å²) in [5.74, 6) is -0.383. The van der Waals surface area contributed by atoms with Crippen molar-refractivity contribution in [2.24, 2.45) is 5.41 Å². The highest BCUT2D eigenvalue weighted by Gasteiger charge is 2.29. The lowest BCUT2D eigenvalue weighted by molar-refractivity contribution is -0.125. The van der Waals surface area contributed by atoms with Gasteiger partial charge in [-0.3, -0.25) is 9.69 Å². The zero-order valence-corrected chi connectivity index (χ0v) is 19.7. The number of anilines is 4. The van der Waals surface area contributed by atoms with Crippen LogP contribution in [-0.2, 0) is 11.3 Å². The summed E-state index contributed by atoms with van der Waals surface area (Å²) in [6.07, 6.45) is 0. The monoisotopic (exact) mass is 459 g/mol. The molecule has 0 aliphatic rings. The summed E-state index contributed by atoms with van der Waals surface area (Å²) in [5.41, 5.74) is 2.84. The van der Waals surface area contributed by atoms with E-state index in [0.717, 1.165) is 22.2 Å². The summed E-state index contributed by atoms with van der Waals surface area (Å²) in [6, 6.07) is 26.1. The maximum atomic E-state index is 13.5. The van der Waals surface area contributed by atoms with E-state index in [-0.39, 0.29) is 11.7 Å². The van der Waals surface area contributed by atoms with Crippen molar-refractivity contribution in [2.45, 2.75) is 27.3 Å². The average Bonchev–Trinajstić information content (AvgIpc) is 3.27. The molecule has 4 rings (SSSR count). The van der Waals surface area contributed by atoms with Gasteiger partial charge in [-0.05, 0) is 48.5 Å². The quantitative estimate of drug-likeness (QED) is 0.303. The molecule has 0 N–H and O–H groups in total. The molecule has 3 aromatic carbocycles. The molecule has 168 valence electrons. The third-order valence-electron chi connectivity index (χ3n) is 5.10. The van der Waals surface area contributed by atoms with Crippen LogP contribution in [0.15, 0.2) is 90.3 Å². The number of aromatic nitrogens is 1. The molecule has 1 aromatic heterocycles. The van der Waals surface area contributed by atoms with Crippen molar-refractivity contribution < 1.29 is 9.18 Å². The number of amides is 1. The summed E-state index contributed by atoms with van der Waals surface area (Å²) in [6.45, 7) is 5.94. The first-order chi connectivity index (χ1) is 15.8. The van der Waals surface area contributed by atoms with Crippen molar-refractivity contribution in [1.29, 1.82) is 0 Å².